The van der Waals surface area contributed by atoms with Gasteiger partial charge in [-0.05, 0) is 23.4 Å². The predicted molar refractivity (Wildman–Crippen MR) is 55.6 cm³/mol. The van der Waals surface area contributed by atoms with Crippen LogP contribution in [0.3, 0.4) is 0 Å². The molecular weight excluding hydrogens is 207 g/mol. The largest absolute Gasteiger partial charge is 0.432 e. The highest BCUT2D eigenvalue weighted by molar-refractivity contribution is 7.85. The lowest BCUT2D eigenvalue weighted by atomic mass is 10.3. The molecular formula is C9H10ClO2P. The van der Waals surface area contributed by atoms with Gasteiger partial charge in [0.05, 0.1) is 6.16 Å². The van der Waals surface area contributed by atoms with Crippen molar-refractivity contribution in [1.29, 1.82) is 0 Å². The molecule has 0 heterocycles. The average Bonchev–Trinajstić information content (AvgIpc) is 2.04. The van der Waals surface area contributed by atoms with Crippen molar-refractivity contribution >= 4 is 18.0 Å². The zero-order valence-corrected chi connectivity index (χ0v) is 8.67. The van der Waals surface area contributed by atoms with Crippen molar-refractivity contribution in [3.63, 3.8) is 0 Å². The van der Waals surface area contributed by atoms with E-state index in [2.05, 4.69) is 6.58 Å². The third kappa shape index (κ3) is 3.67. The van der Waals surface area contributed by atoms with Crippen molar-refractivity contribution in [3.05, 3.63) is 43.0 Å². The van der Waals surface area contributed by atoms with Crippen LogP contribution in [-0.4, -0.2) is 6.16 Å². The molecule has 0 aromatic heterocycles. The zero-order chi connectivity index (χ0) is 9.73. The Balaban J connectivity index is 2.69. The SMILES string of the molecule is C=CCP(=O)(Cl)Oc1ccccc1. The predicted octanol–water partition coefficient (Wildman–Crippen LogP) is 3.68. The van der Waals surface area contributed by atoms with Crippen molar-refractivity contribution < 1.29 is 9.09 Å². The topological polar surface area (TPSA) is 26.3 Å². The van der Waals surface area contributed by atoms with Gasteiger partial charge in [0, 0.05) is 0 Å². The molecule has 0 saturated carbocycles. The number of rotatable bonds is 4. The Kier molecular flexibility index (Phi) is 3.58. The molecule has 0 spiro atoms. The van der Waals surface area contributed by atoms with Crippen LogP contribution in [0.2, 0.25) is 0 Å². The molecule has 2 nitrogen and oxygen atoms in total. The van der Waals surface area contributed by atoms with E-state index in [-0.39, 0.29) is 6.16 Å². The van der Waals surface area contributed by atoms with Crippen molar-refractivity contribution in [1.82, 2.24) is 0 Å². The molecule has 70 valence electrons. The third-order valence-corrected chi connectivity index (χ3v) is 3.13. The van der Waals surface area contributed by atoms with Crippen LogP contribution in [0.25, 0.3) is 0 Å². The molecule has 1 aromatic carbocycles. The zero-order valence-electron chi connectivity index (χ0n) is 7.02. The van der Waals surface area contributed by atoms with Crippen molar-refractivity contribution in [2.45, 2.75) is 0 Å². The lowest BCUT2D eigenvalue weighted by Crippen LogP contribution is -1.89. The van der Waals surface area contributed by atoms with Crippen LogP contribution in [0.5, 0.6) is 5.75 Å². The first-order valence-electron chi connectivity index (χ1n) is 3.78. The first-order chi connectivity index (χ1) is 6.14. The van der Waals surface area contributed by atoms with Crippen molar-refractivity contribution in [2.75, 3.05) is 6.16 Å². The standard InChI is InChI=1S/C9H10ClO2P/c1-2-8-13(10,11)12-9-6-4-3-5-7-9/h2-7H,1,8H2. The molecule has 0 bridgehead atoms. The molecule has 1 rings (SSSR count). The lowest BCUT2D eigenvalue weighted by molar-refractivity contribution is 0.501. The van der Waals surface area contributed by atoms with Gasteiger partial charge in [0.1, 0.15) is 5.75 Å². The highest BCUT2D eigenvalue weighted by Crippen LogP contribution is 2.51. The molecule has 0 saturated heterocycles. The Morgan fingerprint density at radius 1 is 1.46 bits per heavy atom. The van der Waals surface area contributed by atoms with E-state index in [1.165, 1.54) is 6.08 Å². The summed E-state index contributed by atoms with van der Waals surface area (Å²) in [5.41, 5.74) is 0. The smallest absolute Gasteiger partial charge is 0.340 e. The molecule has 4 heteroatoms. The second-order valence-corrected chi connectivity index (χ2v) is 5.74. The number of halogens is 1. The highest BCUT2D eigenvalue weighted by atomic mass is 35.7. The molecule has 1 aromatic rings. The summed E-state index contributed by atoms with van der Waals surface area (Å²) in [5, 5.41) is 0. The monoisotopic (exact) mass is 216 g/mol. The van der Waals surface area contributed by atoms with Gasteiger partial charge in [0.15, 0.2) is 0 Å². The number of benzene rings is 1. The van der Waals surface area contributed by atoms with Gasteiger partial charge >= 0.3 is 6.72 Å². The molecule has 1 atom stereocenters. The highest BCUT2D eigenvalue weighted by Gasteiger charge is 2.18. The fourth-order valence-electron chi connectivity index (χ4n) is 0.830. The van der Waals surface area contributed by atoms with Gasteiger partial charge in [-0.3, -0.25) is 4.57 Å². The van der Waals surface area contributed by atoms with E-state index in [0.29, 0.717) is 5.75 Å². The van der Waals surface area contributed by atoms with E-state index in [9.17, 15) is 4.57 Å². The van der Waals surface area contributed by atoms with Crippen LogP contribution in [0, 0.1) is 0 Å². The minimum absolute atomic E-state index is 0.170. The van der Waals surface area contributed by atoms with Crippen molar-refractivity contribution in [3.8, 4) is 5.75 Å². The summed E-state index contributed by atoms with van der Waals surface area (Å²) in [6.07, 6.45) is 1.65. The molecule has 1 unspecified atom stereocenters. The van der Waals surface area contributed by atoms with Gasteiger partial charge in [0.2, 0.25) is 0 Å². The van der Waals surface area contributed by atoms with E-state index < -0.39 is 6.72 Å². The molecule has 0 amide bonds. The average molecular weight is 217 g/mol. The summed E-state index contributed by atoms with van der Waals surface area (Å²) in [6.45, 7) is 0.391. The molecule has 0 aliphatic carbocycles. The first kappa shape index (κ1) is 10.4. The lowest BCUT2D eigenvalue weighted by Gasteiger charge is -2.10. The second-order valence-electron chi connectivity index (χ2n) is 2.47. The summed E-state index contributed by atoms with van der Waals surface area (Å²) in [7, 11) is 0. The van der Waals surface area contributed by atoms with Gasteiger partial charge in [0.25, 0.3) is 0 Å². The Morgan fingerprint density at radius 2 is 2.08 bits per heavy atom. The summed E-state index contributed by atoms with van der Waals surface area (Å²) in [4.78, 5) is 0. The van der Waals surface area contributed by atoms with Crippen LogP contribution in [0.4, 0.5) is 0 Å². The van der Waals surface area contributed by atoms with E-state index >= 15 is 0 Å². The third-order valence-electron chi connectivity index (χ3n) is 1.33. The Bertz CT molecular complexity index is 324. The van der Waals surface area contributed by atoms with Gasteiger partial charge in [-0.2, -0.15) is 0 Å². The maximum absolute atomic E-state index is 11.5. The second kappa shape index (κ2) is 4.50. The van der Waals surface area contributed by atoms with E-state index in [0.717, 1.165) is 0 Å². The maximum atomic E-state index is 11.5. The molecule has 0 aliphatic heterocycles. The van der Waals surface area contributed by atoms with Crippen LogP contribution >= 0.6 is 18.0 Å². The Labute approximate surface area is 82.4 Å². The minimum Gasteiger partial charge on any atom is -0.432 e. The normalized spacial score (nSPS) is 14.5. The number of hydrogen-bond donors (Lipinski definition) is 0. The fraction of sp³-hybridized carbons (Fsp3) is 0.111. The van der Waals surface area contributed by atoms with Gasteiger partial charge in [-0.15, -0.1) is 6.58 Å². The fourth-order valence-corrected chi connectivity index (χ4v) is 2.18. The van der Waals surface area contributed by atoms with Crippen molar-refractivity contribution in [2.24, 2.45) is 0 Å². The van der Waals surface area contributed by atoms with Gasteiger partial charge in [-0.1, -0.05) is 24.3 Å². The molecule has 0 N–H and O–H groups in total. The molecule has 0 radical (unpaired) electrons. The van der Waals surface area contributed by atoms with Crippen LogP contribution in [0.1, 0.15) is 0 Å². The van der Waals surface area contributed by atoms with Gasteiger partial charge < -0.3 is 4.52 Å². The van der Waals surface area contributed by atoms with E-state index in [4.69, 9.17) is 15.8 Å². The van der Waals surface area contributed by atoms with Crippen LogP contribution in [0.15, 0.2) is 43.0 Å². The first-order valence-corrected chi connectivity index (χ1v) is 6.50. The Hall–Kier alpha value is -0.720. The summed E-state index contributed by atoms with van der Waals surface area (Å²) in [5.74, 6) is 0.516. The van der Waals surface area contributed by atoms with Gasteiger partial charge in [-0.25, -0.2) is 0 Å². The van der Waals surface area contributed by atoms with E-state index in [1.807, 2.05) is 6.07 Å². The summed E-state index contributed by atoms with van der Waals surface area (Å²) in [6, 6.07) is 8.84. The maximum Gasteiger partial charge on any atom is 0.340 e. The number of allylic oxidation sites excluding steroid dienone is 1. The Morgan fingerprint density at radius 3 is 2.62 bits per heavy atom. The quantitative estimate of drug-likeness (QED) is 0.567. The molecule has 13 heavy (non-hydrogen) atoms. The van der Waals surface area contributed by atoms with E-state index in [1.54, 1.807) is 24.3 Å². The number of hydrogen-bond acceptors (Lipinski definition) is 2. The van der Waals surface area contributed by atoms with Crippen LogP contribution < -0.4 is 4.52 Å². The number of para-hydroxylation sites is 1. The minimum atomic E-state index is -3.06. The molecule has 0 fully saturated rings. The molecule has 0 aliphatic rings. The van der Waals surface area contributed by atoms with Crippen LogP contribution in [-0.2, 0) is 4.57 Å². The summed E-state index contributed by atoms with van der Waals surface area (Å²) >= 11 is 5.63. The summed E-state index contributed by atoms with van der Waals surface area (Å²) < 4.78 is 16.5.